The second-order valence-electron chi connectivity index (χ2n) is 10.9. The van der Waals surface area contributed by atoms with Crippen molar-refractivity contribution in [3.63, 3.8) is 0 Å². The summed E-state index contributed by atoms with van der Waals surface area (Å²) in [4.78, 5) is 54.9. The first-order valence-corrected chi connectivity index (χ1v) is 14.9. The Hall–Kier alpha value is -4.87. The van der Waals surface area contributed by atoms with Crippen molar-refractivity contribution in [3.05, 3.63) is 65.4 Å². The molecule has 12 nitrogen and oxygen atoms in total. The molecule has 2 aromatic carbocycles. The minimum Gasteiger partial charge on any atom is -0.508 e. The van der Waals surface area contributed by atoms with E-state index in [-0.39, 0.29) is 35.4 Å². The van der Waals surface area contributed by atoms with Gasteiger partial charge in [0.2, 0.25) is 5.91 Å². The minimum absolute atomic E-state index is 0.132. The highest BCUT2D eigenvalue weighted by Gasteiger charge is 2.22. The number of H-pyrrole nitrogens is 1. The van der Waals surface area contributed by atoms with Gasteiger partial charge in [0.15, 0.2) is 6.61 Å². The molecule has 44 heavy (non-hydrogen) atoms. The molecule has 0 saturated heterocycles. The highest BCUT2D eigenvalue weighted by atomic mass is 16.5. The molecule has 2 heterocycles. The van der Waals surface area contributed by atoms with Crippen molar-refractivity contribution in [2.75, 3.05) is 39.8 Å². The first kappa shape index (κ1) is 32.1. The molecule has 2 bridgehead atoms. The molecule has 1 atom stereocenters. The maximum absolute atomic E-state index is 13.6. The number of aryl methyl sites for hydroxylation is 1. The minimum atomic E-state index is -0.780. The number of phenols is 1. The Labute approximate surface area is 256 Å². The maximum atomic E-state index is 13.6. The van der Waals surface area contributed by atoms with Crippen molar-refractivity contribution in [1.29, 1.82) is 0 Å². The number of nitrogens with zero attached hydrogens (tertiary/aromatic N) is 3. The van der Waals surface area contributed by atoms with Crippen molar-refractivity contribution >= 4 is 23.6 Å². The topological polar surface area (TPSA) is 157 Å². The molecular formula is C32H40N6O6. The number of carbonyl (C=O) groups excluding carboxylic acids is 4. The Kier molecular flexibility index (Phi) is 11.0. The van der Waals surface area contributed by atoms with E-state index >= 15 is 0 Å². The van der Waals surface area contributed by atoms with Gasteiger partial charge in [-0.3, -0.25) is 24.3 Å². The zero-order valence-electron chi connectivity index (χ0n) is 25.4. The van der Waals surface area contributed by atoms with Gasteiger partial charge in [-0.05, 0) is 56.4 Å². The van der Waals surface area contributed by atoms with Crippen molar-refractivity contribution in [2.45, 2.75) is 45.6 Å². The number of rotatable bonds is 3. The van der Waals surface area contributed by atoms with Crippen molar-refractivity contribution in [3.8, 4) is 22.8 Å². The Bertz CT molecular complexity index is 1470. The van der Waals surface area contributed by atoms with Gasteiger partial charge >= 0.3 is 0 Å². The molecule has 0 unspecified atom stereocenters. The summed E-state index contributed by atoms with van der Waals surface area (Å²) in [5, 5.41) is 22.8. The van der Waals surface area contributed by atoms with Gasteiger partial charge in [-0.15, -0.1) is 0 Å². The van der Waals surface area contributed by atoms with Crippen LogP contribution in [-0.4, -0.2) is 94.6 Å². The number of likely N-dealkylation sites (N-methyl/N-ethyl adjacent to an activating group) is 1. The van der Waals surface area contributed by atoms with E-state index < -0.39 is 24.5 Å². The molecule has 1 aliphatic rings. The van der Waals surface area contributed by atoms with Gasteiger partial charge in [-0.1, -0.05) is 31.2 Å². The van der Waals surface area contributed by atoms with Crippen molar-refractivity contribution in [1.82, 2.24) is 30.6 Å². The fraction of sp³-hybridized carbons (Fsp3) is 0.406. The van der Waals surface area contributed by atoms with E-state index in [1.165, 1.54) is 23.8 Å². The lowest BCUT2D eigenvalue weighted by atomic mass is 10.1. The van der Waals surface area contributed by atoms with Crippen LogP contribution < -0.4 is 15.4 Å². The highest BCUT2D eigenvalue weighted by Crippen LogP contribution is 2.22. The van der Waals surface area contributed by atoms with Crippen LogP contribution >= 0.6 is 0 Å². The Morgan fingerprint density at radius 1 is 1.00 bits per heavy atom. The van der Waals surface area contributed by atoms with Crippen LogP contribution in [-0.2, 0) is 16.0 Å². The summed E-state index contributed by atoms with van der Waals surface area (Å²) >= 11 is 0. The predicted octanol–water partition coefficient (Wildman–Crippen LogP) is 2.74. The number of ether oxygens (including phenoxy) is 1. The lowest BCUT2D eigenvalue weighted by Gasteiger charge is -2.24. The van der Waals surface area contributed by atoms with Gasteiger partial charge in [0, 0.05) is 50.4 Å². The lowest BCUT2D eigenvalue weighted by molar-refractivity contribution is -0.135. The summed E-state index contributed by atoms with van der Waals surface area (Å²) in [6, 6.07) is 13.0. The summed E-state index contributed by atoms with van der Waals surface area (Å²) in [6.45, 7) is 4.84. The van der Waals surface area contributed by atoms with Crippen LogP contribution in [0.25, 0.3) is 11.3 Å². The number of hydrogen-bond donors (Lipinski definition) is 4. The Morgan fingerprint density at radius 3 is 2.48 bits per heavy atom. The third kappa shape index (κ3) is 8.59. The second-order valence-corrected chi connectivity index (χ2v) is 10.9. The first-order chi connectivity index (χ1) is 21.1. The van der Waals surface area contributed by atoms with Crippen LogP contribution in [0, 0.1) is 0 Å². The number of amides is 4. The standard InChI is InChI=1S/C32H40N6O6/c1-4-22-8-10-23(11-9-22)27-19-28(36-35-27)32(43)38-14-6-5-13-37(3)31(42)21(2)34-29(40)20-44-26-17-24(16-25(39)18-26)30(41)33-12-7-15-38/h8-11,16-19,21,39H,4-7,12-15,20H2,1-3H3,(H,33,41)(H,34,40)(H,35,36)/t21-/m0/s1. The quantitative estimate of drug-likeness (QED) is 0.358. The van der Waals surface area contributed by atoms with Gasteiger partial charge in [0.05, 0.1) is 5.69 Å². The van der Waals surface area contributed by atoms with Gasteiger partial charge in [0.1, 0.15) is 23.2 Å². The van der Waals surface area contributed by atoms with Crippen molar-refractivity contribution in [2.24, 2.45) is 0 Å². The molecule has 0 saturated carbocycles. The Balaban J connectivity index is 1.49. The van der Waals surface area contributed by atoms with Crippen LogP contribution in [0.4, 0.5) is 0 Å². The van der Waals surface area contributed by atoms with Gasteiger partial charge in [-0.25, -0.2) is 0 Å². The number of aromatic nitrogens is 2. The van der Waals surface area contributed by atoms with E-state index in [0.717, 1.165) is 12.0 Å². The maximum Gasteiger partial charge on any atom is 0.271 e. The number of hydrogen-bond acceptors (Lipinski definition) is 7. The summed E-state index contributed by atoms with van der Waals surface area (Å²) < 4.78 is 5.47. The lowest BCUT2D eigenvalue weighted by Crippen LogP contribution is -2.47. The molecule has 4 rings (SSSR count). The zero-order valence-corrected chi connectivity index (χ0v) is 25.4. The largest absolute Gasteiger partial charge is 0.508 e. The smallest absolute Gasteiger partial charge is 0.271 e. The molecular weight excluding hydrogens is 564 g/mol. The molecule has 4 N–H and O–H groups in total. The van der Waals surface area contributed by atoms with E-state index in [2.05, 4.69) is 27.8 Å². The molecule has 1 aliphatic heterocycles. The van der Waals surface area contributed by atoms with E-state index in [0.29, 0.717) is 50.3 Å². The van der Waals surface area contributed by atoms with E-state index in [4.69, 9.17) is 4.74 Å². The summed E-state index contributed by atoms with van der Waals surface area (Å²) in [5.41, 5.74) is 3.32. The second kappa shape index (κ2) is 15.0. The van der Waals surface area contributed by atoms with Crippen LogP contribution in [0.5, 0.6) is 11.5 Å². The van der Waals surface area contributed by atoms with Crippen LogP contribution in [0.3, 0.4) is 0 Å². The molecule has 0 spiro atoms. The monoisotopic (exact) mass is 604 g/mol. The summed E-state index contributed by atoms with van der Waals surface area (Å²) in [5.74, 6) is -1.48. The van der Waals surface area contributed by atoms with E-state index in [1.54, 1.807) is 29.8 Å². The summed E-state index contributed by atoms with van der Waals surface area (Å²) in [6.07, 6.45) is 2.69. The fourth-order valence-corrected chi connectivity index (χ4v) is 4.93. The van der Waals surface area contributed by atoms with E-state index in [9.17, 15) is 24.3 Å². The number of benzene rings is 2. The first-order valence-electron chi connectivity index (χ1n) is 14.9. The molecule has 0 radical (unpaired) electrons. The number of phenolic OH excluding ortho intramolecular Hbond substituents is 1. The number of nitrogens with one attached hydrogen (secondary N) is 3. The predicted molar refractivity (Wildman–Crippen MR) is 164 cm³/mol. The van der Waals surface area contributed by atoms with Crippen LogP contribution in [0.2, 0.25) is 0 Å². The van der Waals surface area contributed by atoms with Crippen LogP contribution in [0.15, 0.2) is 48.5 Å². The molecule has 234 valence electrons. The SMILES string of the molecule is CCc1ccc(-c2cc(C(=O)N3CCCCN(C)C(=O)[C@H](C)NC(=O)COc4cc(O)cc(c4)C(=O)NCCC3)[nH]n2)cc1. The summed E-state index contributed by atoms with van der Waals surface area (Å²) in [7, 11) is 1.67. The van der Waals surface area contributed by atoms with Crippen molar-refractivity contribution < 1.29 is 29.0 Å². The molecule has 1 aromatic heterocycles. The Morgan fingerprint density at radius 2 is 1.73 bits per heavy atom. The third-order valence-corrected chi connectivity index (χ3v) is 7.46. The third-order valence-electron chi connectivity index (χ3n) is 7.46. The number of aromatic hydroxyl groups is 1. The fourth-order valence-electron chi connectivity index (χ4n) is 4.93. The average Bonchev–Trinajstić information content (AvgIpc) is 3.52. The van der Waals surface area contributed by atoms with Gasteiger partial charge < -0.3 is 30.3 Å². The average molecular weight is 605 g/mol. The molecule has 0 fully saturated rings. The highest BCUT2D eigenvalue weighted by molar-refractivity contribution is 5.95. The number of aromatic amines is 1. The number of carbonyl (C=O) groups is 4. The zero-order chi connectivity index (χ0) is 31.6. The molecule has 0 aliphatic carbocycles. The van der Waals surface area contributed by atoms with Crippen LogP contribution in [0.1, 0.15) is 59.5 Å². The molecule has 4 amide bonds. The normalized spacial score (nSPS) is 17.8. The van der Waals surface area contributed by atoms with E-state index in [1.807, 2.05) is 24.3 Å². The number of fused-ring (bicyclic) bond motifs is 2. The van der Waals surface area contributed by atoms with Gasteiger partial charge in [-0.2, -0.15) is 5.10 Å². The van der Waals surface area contributed by atoms with Gasteiger partial charge in [0.25, 0.3) is 17.7 Å². The molecule has 3 aromatic rings. The molecule has 12 heteroatoms.